The fraction of sp³-hybridized carbons (Fsp3) is 0.273. The molecule has 4 nitrogen and oxygen atoms in total. The minimum atomic E-state index is 0.151. The van der Waals surface area contributed by atoms with E-state index in [9.17, 15) is 4.79 Å². The number of amides is 1. The Morgan fingerprint density at radius 1 is 1.56 bits per heavy atom. The first-order chi connectivity index (χ1) is 7.74. The number of rotatable bonds is 1. The monoisotopic (exact) mass is 279 g/mol. The molecule has 0 aromatic carbocycles. The fourth-order valence-electron chi connectivity index (χ4n) is 1.99. The average molecular weight is 280 g/mol. The van der Waals surface area contributed by atoms with Gasteiger partial charge in [0, 0.05) is 29.4 Å². The second-order valence-corrected chi connectivity index (χ2v) is 5.21. The number of fused-ring (bicyclic) bond motifs is 1. The number of nitrogens with one attached hydrogen (secondary N) is 1. The van der Waals surface area contributed by atoms with Crippen LogP contribution in [0.15, 0.2) is 24.5 Å². The van der Waals surface area contributed by atoms with E-state index < -0.39 is 0 Å². The Kier molecular flexibility index (Phi) is 2.21. The predicted molar refractivity (Wildman–Crippen MR) is 65.8 cm³/mol. The van der Waals surface area contributed by atoms with Crippen molar-refractivity contribution in [3.05, 3.63) is 24.5 Å². The Balaban J connectivity index is 2.02. The van der Waals surface area contributed by atoms with Crippen LogP contribution in [0.3, 0.4) is 0 Å². The SMILES string of the molecule is O=C1CC(Br)CN1c1cnc2[nH]ccc2c1. The molecule has 1 atom stereocenters. The molecule has 82 valence electrons. The lowest BCUT2D eigenvalue weighted by Crippen LogP contribution is -2.24. The van der Waals surface area contributed by atoms with E-state index in [1.165, 1.54) is 0 Å². The number of halogens is 1. The highest BCUT2D eigenvalue weighted by molar-refractivity contribution is 9.09. The van der Waals surface area contributed by atoms with Gasteiger partial charge in [0.25, 0.3) is 0 Å². The van der Waals surface area contributed by atoms with Crippen molar-refractivity contribution < 1.29 is 4.79 Å². The molecule has 0 radical (unpaired) electrons. The van der Waals surface area contributed by atoms with Crippen LogP contribution in [-0.4, -0.2) is 27.2 Å². The lowest BCUT2D eigenvalue weighted by atomic mass is 10.3. The first kappa shape index (κ1) is 9.84. The Labute approximate surface area is 101 Å². The molecule has 0 saturated carbocycles. The van der Waals surface area contributed by atoms with E-state index in [4.69, 9.17) is 0 Å². The lowest BCUT2D eigenvalue weighted by molar-refractivity contribution is -0.117. The number of alkyl halides is 1. The highest BCUT2D eigenvalue weighted by Gasteiger charge is 2.28. The summed E-state index contributed by atoms with van der Waals surface area (Å²) in [6.45, 7) is 0.719. The van der Waals surface area contributed by atoms with Crippen LogP contribution in [0.25, 0.3) is 11.0 Å². The maximum Gasteiger partial charge on any atom is 0.228 e. The molecule has 1 amide bonds. The van der Waals surface area contributed by atoms with Gasteiger partial charge in [0.2, 0.25) is 5.91 Å². The minimum Gasteiger partial charge on any atom is -0.346 e. The van der Waals surface area contributed by atoms with Crippen LogP contribution in [-0.2, 0) is 4.79 Å². The van der Waals surface area contributed by atoms with Gasteiger partial charge < -0.3 is 9.88 Å². The molecular formula is C11H10BrN3O. The molecular weight excluding hydrogens is 270 g/mol. The van der Waals surface area contributed by atoms with Crippen LogP contribution < -0.4 is 4.90 Å². The molecule has 1 fully saturated rings. The first-order valence-electron chi connectivity index (χ1n) is 5.11. The van der Waals surface area contributed by atoms with Crippen molar-refractivity contribution in [2.75, 3.05) is 11.4 Å². The maximum absolute atomic E-state index is 11.7. The predicted octanol–water partition coefficient (Wildman–Crippen LogP) is 2.06. The number of pyridine rings is 1. The van der Waals surface area contributed by atoms with Gasteiger partial charge in [-0.05, 0) is 12.1 Å². The normalized spacial score (nSPS) is 20.9. The number of aromatic amines is 1. The summed E-state index contributed by atoms with van der Waals surface area (Å²) in [6, 6.07) is 3.94. The molecule has 1 N–H and O–H groups in total. The van der Waals surface area contributed by atoms with Crippen molar-refractivity contribution in [3.8, 4) is 0 Å². The number of hydrogen-bond donors (Lipinski definition) is 1. The van der Waals surface area contributed by atoms with Crippen molar-refractivity contribution in [1.82, 2.24) is 9.97 Å². The summed E-state index contributed by atoms with van der Waals surface area (Å²) in [5.74, 6) is 0.151. The van der Waals surface area contributed by atoms with E-state index in [1.54, 1.807) is 11.1 Å². The Morgan fingerprint density at radius 3 is 3.19 bits per heavy atom. The summed E-state index contributed by atoms with van der Waals surface area (Å²) < 4.78 is 0. The number of hydrogen-bond acceptors (Lipinski definition) is 2. The second kappa shape index (κ2) is 3.59. The van der Waals surface area contributed by atoms with Gasteiger partial charge in [0.15, 0.2) is 0 Å². The summed E-state index contributed by atoms with van der Waals surface area (Å²) in [4.78, 5) is 21.1. The number of aromatic nitrogens is 2. The summed E-state index contributed by atoms with van der Waals surface area (Å²) >= 11 is 3.47. The summed E-state index contributed by atoms with van der Waals surface area (Å²) in [7, 11) is 0. The van der Waals surface area contributed by atoms with Crippen LogP contribution in [0.2, 0.25) is 0 Å². The van der Waals surface area contributed by atoms with Crippen LogP contribution in [0.4, 0.5) is 5.69 Å². The molecule has 16 heavy (non-hydrogen) atoms. The van der Waals surface area contributed by atoms with Gasteiger partial charge in [0.05, 0.1) is 11.9 Å². The van der Waals surface area contributed by atoms with E-state index >= 15 is 0 Å². The van der Waals surface area contributed by atoms with E-state index in [0.29, 0.717) is 6.42 Å². The van der Waals surface area contributed by atoms with Crippen LogP contribution in [0, 0.1) is 0 Å². The van der Waals surface area contributed by atoms with Crippen molar-refractivity contribution in [3.63, 3.8) is 0 Å². The smallest absolute Gasteiger partial charge is 0.228 e. The second-order valence-electron chi connectivity index (χ2n) is 3.91. The van der Waals surface area contributed by atoms with E-state index in [1.807, 2.05) is 18.3 Å². The van der Waals surface area contributed by atoms with Gasteiger partial charge in [0.1, 0.15) is 5.65 Å². The van der Waals surface area contributed by atoms with Gasteiger partial charge in [-0.2, -0.15) is 0 Å². The summed E-state index contributed by atoms with van der Waals surface area (Å²) in [6.07, 6.45) is 4.15. The maximum atomic E-state index is 11.7. The van der Waals surface area contributed by atoms with Gasteiger partial charge >= 0.3 is 0 Å². The number of anilines is 1. The molecule has 3 heterocycles. The van der Waals surface area contributed by atoms with Crippen molar-refractivity contribution >= 4 is 38.6 Å². The standard InChI is InChI=1S/C11H10BrN3O/c12-8-4-10(16)15(6-8)9-3-7-1-2-13-11(7)14-5-9/h1-3,5,8H,4,6H2,(H,13,14). The number of carbonyl (C=O) groups excluding carboxylic acids is 1. The topological polar surface area (TPSA) is 49.0 Å². The largest absolute Gasteiger partial charge is 0.346 e. The number of nitrogens with zero attached hydrogens (tertiary/aromatic N) is 2. The number of H-pyrrole nitrogens is 1. The Bertz CT molecular complexity index is 551. The fourth-order valence-corrected chi connectivity index (χ4v) is 2.56. The third-order valence-corrected chi connectivity index (χ3v) is 3.39. The molecule has 2 aromatic heterocycles. The van der Waals surface area contributed by atoms with Gasteiger partial charge in [-0.1, -0.05) is 15.9 Å². The van der Waals surface area contributed by atoms with E-state index in [2.05, 4.69) is 25.9 Å². The Hall–Kier alpha value is -1.36. The van der Waals surface area contributed by atoms with Crippen molar-refractivity contribution in [2.45, 2.75) is 11.2 Å². The zero-order valence-corrected chi connectivity index (χ0v) is 10.1. The third-order valence-electron chi connectivity index (χ3n) is 2.78. The molecule has 0 aliphatic carbocycles. The van der Waals surface area contributed by atoms with E-state index in [-0.39, 0.29) is 10.7 Å². The minimum absolute atomic E-state index is 0.151. The Morgan fingerprint density at radius 2 is 2.44 bits per heavy atom. The third kappa shape index (κ3) is 1.51. The molecule has 1 saturated heterocycles. The van der Waals surface area contributed by atoms with Crippen LogP contribution >= 0.6 is 15.9 Å². The number of carbonyl (C=O) groups is 1. The van der Waals surface area contributed by atoms with Gasteiger partial charge in [-0.25, -0.2) is 4.98 Å². The van der Waals surface area contributed by atoms with Gasteiger partial charge in [-0.3, -0.25) is 4.79 Å². The van der Waals surface area contributed by atoms with Crippen LogP contribution in [0.5, 0.6) is 0 Å². The molecule has 5 heteroatoms. The van der Waals surface area contributed by atoms with Gasteiger partial charge in [-0.15, -0.1) is 0 Å². The first-order valence-corrected chi connectivity index (χ1v) is 6.03. The zero-order valence-electron chi connectivity index (χ0n) is 8.48. The zero-order chi connectivity index (χ0) is 11.1. The van der Waals surface area contributed by atoms with E-state index in [0.717, 1.165) is 23.3 Å². The van der Waals surface area contributed by atoms with Crippen molar-refractivity contribution in [1.29, 1.82) is 0 Å². The molecule has 1 unspecified atom stereocenters. The lowest BCUT2D eigenvalue weighted by Gasteiger charge is -2.15. The molecule has 1 aliphatic heterocycles. The molecule has 0 bridgehead atoms. The highest BCUT2D eigenvalue weighted by atomic mass is 79.9. The van der Waals surface area contributed by atoms with Crippen LogP contribution in [0.1, 0.15) is 6.42 Å². The summed E-state index contributed by atoms with van der Waals surface area (Å²) in [5.41, 5.74) is 1.73. The molecule has 0 spiro atoms. The van der Waals surface area contributed by atoms with Crippen molar-refractivity contribution in [2.24, 2.45) is 0 Å². The average Bonchev–Trinajstić information content (AvgIpc) is 2.83. The summed E-state index contributed by atoms with van der Waals surface area (Å²) in [5, 5.41) is 1.03. The molecule has 2 aromatic rings. The highest BCUT2D eigenvalue weighted by Crippen LogP contribution is 2.26. The quantitative estimate of drug-likeness (QED) is 0.813. The molecule has 3 rings (SSSR count). The molecule has 1 aliphatic rings.